The predicted molar refractivity (Wildman–Crippen MR) is 125 cm³/mol. The summed E-state index contributed by atoms with van der Waals surface area (Å²) in [6.07, 6.45) is 2.58. The van der Waals surface area contributed by atoms with E-state index >= 15 is 0 Å². The third-order valence-electron chi connectivity index (χ3n) is 5.09. The Kier molecular flexibility index (Phi) is 6.77. The number of ether oxygens (including phenoxy) is 1. The molecule has 4 rings (SSSR count). The highest BCUT2D eigenvalue weighted by molar-refractivity contribution is 7.99. The Hall–Kier alpha value is -3.61. The first-order valence-corrected chi connectivity index (χ1v) is 11.8. The Morgan fingerprint density at radius 1 is 1.09 bits per heavy atom. The van der Waals surface area contributed by atoms with Crippen LogP contribution < -0.4 is 11.1 Å². The molecule has 2 amide bonds. The van der Waals surface area contributed by atoms with Crippen LogP contribution in [0, 0.1) is 11.3 Å². The minimum Gasteiger partial charge on any atom is -0.452 e. The number of nitrogens with one attached hydrogen (secondary N) is 1. The third kappa shape index (κ3) is 4.92. The van der Waals surface area contributed by atoms with Crippen LogP contribution in [0.1, 0.15) is 43.1 Å². The number of benzene rings is 2. The van der Waals surface area contributed by atoms with Crippen LogP contribution in [0.4, 0.5) is 5.00 Å². The van der Waals surface area contributed by atoms with Crippen molar-refractivity contribution in [2.45, 2.75) is 29.1 Å². The van der Waals surface area contributed by atoms with E-state index in [1.54, 1.807) is 42.5 Å². The molecule has 166 valence electrons. The van der Waals surface area contributed by atoms with Crippen LogP contribution in [-0.4, -0.2) is 24.4 Å². The number of amides is 2. The third-order valence-corrected chi connectivity index (χ3v) is 7.45. The molecule has 0 atom stereocenters. The van der Waals surface area contributed by atoms with Crippen molar-refractivity contribution < 1.29 is 19.1 Å². The number of carbonyl (C=O) groups is 3. The Morgan fingerprint density at radius 2 is 1.82 bits per heavy atom. The lowest BCUT2D eigenvalue weighted by Crippen LogP contribution is -2.23. The molecule has 0 radical (unpaired) electrons. The maximum atomic E-state index is 12.7. The average Bonchev–Trinajstić information content (AvgIpc) is 3.39. The molecule has 0 aliphatic heterocycles. The summed E-state index contributed by atoms with van der Waals surface area (Å²) in [6.45, 7) is -0.507. The molecule has 7 nitrogen and oxygen atoms in total. The van der Waals surface area contributed by atoms with Gasteiger partial charge in [0.1, 0.15) is 11.1 Å². The topological polar surface area (TPSA) is 122 Å². The first kappa shape index (κ1) is 22.6. The van der Waals surface area contributed by atoms with Gasteiger partial charge in [0.25, 0.3) is 11.8 Å². The van der Waals surface area contributed by atoms with Crippen LogP contribution in [0.3, 0.4) is 0 Å². The molecule has 0 saturated heterocycles. The Bertz CT molecular complexity index is 1290. The lowest BCUT2D eigenvalue weighted by Gasteiger charge is -2.10. The fraction of sp³-hybridized carbons (Fsp3) is 0.167. The lowest BCUT2D eigenvalue weighted by atomic mass is 10.1. The monoisotopic (exact) mass is 477 g/mol. The van der Waals surface area contributed by atoms with E-state index in [4.69, 9.17) is 10.5 Å². The number of fused-ring (bicyclic) bond motifs is 1. The zero-order valence-electron chi connectivity index (χ0n) is 17.4. The smallest absolute Gasteiger partial charge is 0.339 e. The van der Waals surface area contributed by atoms with Gasteiger partial charge in [-0.15, -0.1) is 11.3 Å². The molecular formula is C24H19N3O4S2. The van der Waals surface area contributed by atoms with E-state index in [1.807, 2.05) is 6.07 Å². The number of rotatable bonds is 7. The van der Waals surface area contributed by atoms with Crippen molar-refractivity contribution in [1.82, 2.24) is 0 Å². The van der Waals surface area contributed by atoms with Gasteiger partial charge < -0.3 is 15.8 Å². The van der Waals surface area contributed by atoms with E-state index in [0.29, 0.717) is 25.9 Å². The molecule has 0 fully saturated rings. The molecule has 2 aromatic carbocycles. The van der Waals surface area contributed by atoms with E-state index in [9.17, 15) is 19.6 Å². The van der Waals surface area contributed by atoms with Crippen molar-refractivity contribution in [3.8, 4) is 6.07 Å². The highest BCUT2D eigenvalue weighted by atomic mass is 32.2. The first-order chi connectivity index (χ1) is 16.0. The molecule has 1 aliphatic rings. The predicted octanol–water partition coefficient (Wildman–Crippen LogP) is 4.15. The van der Waals surface area contributed by atoms with Gasteiger partial charge in [-0.25, -0.2) is 4.79 Å². The van der Waals surface area contributed by atoms with E-state index in [2.05, 4.69) is 11.4 Å². The summed E-state index contributed by atoms with van der Waals surface area (Å²) < 4.78 is 5.23. The van der Waals surface area contributed by atoms with Crippen molar-refractivity contribution in [3.05, 3.63) is 75.7 Å². The average molecular weight is 478 g/mol. The van der Waals surface area contributed by atoms with E-state index in [0.717, 1.165) is 29.7 Å². The molecule has 1 aromatic heterocycles. The summed E-state index contributed by atoms with van der Waals surface area (Å²) in [5.74, 6) is -1.79. The zero-order chi connectivity index (χ0) is 23.4. The minimum atomic E-state index is -0.661. The van der Waals surface area contributed by atoms with Gasteiger partial charge in [-0.2, -0.15) is 5.26 Å². The van der Waals surface area contributed by atoms with Gasteiger partial charge in [0.05, 0.1) is 16.7 Å². The highest BCUT2D eigenvalue weighted by Gasteiger charge is 2.26. The summed E-state index contributed by atoms with van der Waals surface area (Å²) in [7, 11) is 0. The summed E-state index contributed by atoms with van der Waals surface area (Å²) in [6, 6.07) is 16.1. The Balaban J connectivity index is 1.43. The van der Waals surface area contributed by atoms with Crippen molar-refractivity contribution in [2.75, 3.05) is 11.9 Å². The first-order valence-electron chi connectivity index (χ1n) is 10.1. The number of esters is 1. The lowest BCUT2D eigenvalue weighted by molar-refractivity contribution is -0.119. The number of aryl methyl sites for hydroxylation is 1. The number of hydrogen-bond donors (Lipinski definition) is 2. The maximum Gasteiger partial charge on any atom is 0.339 e. The normalized spacial score (nSPS) is 12.0. The molecule has 0 unspecified atom stereocenters. The van der Waals surface area contributed by atoms with Crippen LogP contribution in [0.5, 0.6) is 0 Å². The molecule has 9 heteroatoms. The second-order valence-electron chi connectivity index (χ2n) is 7.26. The molecular weight excluding hydrogens is 458 g/mol. The number of hydrogen-bond acceptors (Lipinski definition) is 7. The van der Waals surface area contributed by atoms with E-state index in [-0.39, 0.29) is 5.56 Å². The van der Waals surface area contributed by atoms with E-state index in [1.165, 1.54) is 23.1 Å². The van der Waals surface area contributed by atoms with Crippen molar-refractivity contribution >= 4 is 45.9 Å². The van der Waals surface area contributed by atoms with Gasteiger partial charge >= 0.3 is 5.97 Å². The highest BCUT2D eigenvalue weighted by Crippen LogP contribution is 2.39. The summed E-state index contributed by atoms with van der Waals surface area (Å²) in [5, 5.41) is 12.4. The van der Waals surface area contributed by atoms with Crippen LogP contribution in [-0.2, 0) is 22.4 Å². The number of nitrogens with zero attached hydrogens (tertiary/aromatic N) is 1. The van der Waals surface area contributed by atoms with Crippen molar-refractivity contribution in [3.63, 3.8) is 0 Å². The molecule has 0 spiro atoms. The number of thiophene rings is 1. The van der Waals surface area contributed by atoms with Crippen molar-refractivity contribution in [1.29, 1.82) is 5.26 Å². The minimum absolute atomic E-state index is 0.288. The Labute approximate surface area is 198 Å². The van der Waals surface area contributed by atoms with Crippen LogP contribution in [0.2, 0.25) is 0 Å². The molecule has 3 aromatic rings. The molecule has 1 heterocycles. The zero-order valence-corrected chi connectivity index (χ0v) is 19.1. The Morgan fingerprint density at radius 3 is 2.58 bits per heavy atom. The van der Waals surface area contributed by atoms with Crippen LogP contribution in [0.15, 0.2) is 58.3 Å². The summed E-state index contributed by atoms with van der Waals surface area (Å²) >= 11 is 2.62. The van der Waals surface area contributed by atoms with Gasteiger partial charge in [0.15, 0.2) is 6.61 Å². The van der Waals surface area contributed by atoms with Crippen LogP contribution in [0.25, 0.3) is 0 Å². The number of carbonyl (C=O) groups excluding carboxylic acids is 3. The molecule has 0 bridgehead atoms. The second kappa shape index (κ2) is 9.90. The summed E-state index contributed by atoms with van der Waals surface area (Å²) in [5.41, 5.74) is 7.56. The quantitative estimate of drug-likeness (QED) is 0.493. The molecule has 33 heavy (non-hydrogen) atoms. The fourth-order valence-corrected chi connectivity index (χ4v) is 5.94. The largest absolute Gasteiger partial charge is 0.452 e. The number of anilines is 1. The van der Waals surface area contributed by atoms with Gasteiger partial charge in [0.2, 0.25) is 0 Å². The second-order valence-corrected chi connectivity index (χ2v) is 9.45. The standard InChI is InChI=1S/C24H19N3O4S2/c25-12-14-6-1-3-9-17(14)32-19-10-4-2-7-16(19)24(30)31-13-20(28)27-23-21(22(26)29)15-8-5-11-18(15)33-23/h1-4,6-7,9-10H,5,8,11,13H2,(H2,26,29)(H,27,28). The molecule has 0 saturated carbocycles. The number of primary amides is 1. The maximum absolute atomic E-state index is 12.7. The molecule has 3 N–H and O–H groups in total. The van der Waals surface area contributed by atoms with Crippen molar-refractivity contribution in [2.24, 2.45) is 5.73 Å². The van der Waals surface area contributed by atoms with E-state index < -0.39 is 24.4 Å². The molecule has 1 aliphatic carbocycles. The summed E-state index contributed by atoms with van der Waals surface area (Å²) in [4.78, 5) is 39.4. The van der Waals surface area contributed by atoms with Gasteiger partial charge in [-0.1, -0.05) is 36.0 Å². The van der Waals surface area contributed by atoms with Crippen LogP contribution >= 0.6 is 23.1 Å². The van der Waals surface area contributed by atoms with Gasteiger partial charge in [0, 0.05) is 14.7 Å². The fourth-order valence-electron chi connectivity index (χ4n) is 3.62. The number of nitrogens with two attached hydrogens (primary N) is 1. The number of nitriles is 1. The van der Waals surface area contributed by atoms with Gasteiger partial charge in [-0.3, -0.25) is 9.59 Å². The van der Waals surface area contributed by atoms with Gasteiger partial charge in [-0.05, 0) is 49.1 Å². The SMILES string of the molecule is N#Cc1ccccc1Sc1ccccc1C(=O)OCC(=O)Nc1sc2c(c1C(N)=O)CCC2.